The van der Waals surface area contributed by atoms with Crippen molar-refractivity contribution in [1.29, 1.82) is 0 Å². The number of sulfonamides is 2. The Bertz CT molecular complexity index is 1290. The third-order valence-corrected chi connectivity index (χ3v) is 8.18. The Hall–Kier alpha value is -2.22. The highest BCUT2D eigenvalue weighted by atomic mass is 35.5. The molecule has 0 radical (unpaired) electrons. The Morgan fingerprint density at radius 2 is 1.69 bits per heavy atom. The van der Waals surface area contributed by atoms with Crippen molar-refractivity contribution >= 4 is 55.1 Å². The number of amides is 2. The predicted molar refractivity (Wildman–Crippen MR) is 132 cm³/mol. The fourth-order valence-electron chi connectivity index (χ4n) is 3.72. The summed E-state index contributed by atoms with van der Waals surface area (Å²) in [4.78, 5) is 25.7. The van der Waals surface area contributed by atoms with Gasteiger partial charge in [0, 0.05) is 23.0 Å². The number of nitrogens with two attached hydrogens (primary N) is 1. The molecule has 35 heavy (non-hydrogen) atoms. The van der Waals surface area contributed by atoms with Crippen molar-refractivity contribution in [3.8, 4) is 0 Å². The lowest BCUT2D eigenvalue weighted by Crippen LogP contribution is -2.54. The summed E-state index contributed by atoms with van der Waals surface area (Å²) in [5, 5.41) is 9.98. The number of primary sulfonamides is 1. The van der Waals surface area contributed by atoms with E-state index in [-0.39, 0.29) is 34.3 Å². The fraction of sp³-hybridized carbons (Fsp3) is 0.333. The monoisotopic (exact) mass is 562 g/mol. The minimum atomic E-state index is -4.12. The lowest BCUT2D eigenvalue weighted by Gasteiger charge is -2.26. The number of carbonyl (C=O) groups is 2. The molecule has 0 bridgehead atoms. The molecule has 0 aromatic heterocycles. The van der Waals surface area contributed by atoms with Crippen LogP contribution in [0.15, 0.2) is 53.4 Å². The maximum absolute atomic E-state index is 13.2. The van der Waals surface area contributed by atoms with Crippen molar-refractivity contribution in [1.82, 2.24) is 14.9 Å². The summed E-state index contributed by atoms with van der Waals surface area (Å²) in [7, 11) is -8.10. The molecule has 0 spiro atoms. The minimum Gasteiger partial charge on any atom is -0.343 e. The molecule has 3 rings (SSSR count). The van der Waals surface area contributed by atoms with Crippen molar-refractivity contribution in [2.24, 2.45) is 5.14 Å². The number of rotatable bonds is 9. The van der Waals surface area contributed by atoms with Gasteiger partial charge in [-0.1, -0.05) is 53.5 Å². The van der Waals surface area contributed by atoms with E-state index in [1.54, 1.807) is 30.3 Å². The molecule has 0 unspecified atom stereocenters. The molecule has 1 aliphatic rings. The van der Waals surface area contributed by atoms with Crippen molar-refractivity contribution in [3.05, 3.63) is 64.1 Å². The summed E-state index contributed by atoms with van der Waals surface area (Å²) in [5.41, 5.74) is 0.702. The average molecular weight is 563 g/mol. The van der Waals surface area contributed by atoms with Crippen molar-refractivity contribution < 1.29 is 26.4 Å². The van der Waals surface area contributed by atoms with Crippen LogP contribution in [-0.2, 0) is 36.1 Å². The topological polar surface area (TPSA) is 156 Å². The first-order valence-corrected chi connectivity index (χ1v) is 14.4. The molecular formula is C21H24Cl2N4O6S2. The number of carbonyl (C=O) groups excluding carboxylic acids is 2. The maximum atomic E-state index is 13.2. The van der Waals surface area contributed by atoms with Crippen LogP contribution in [0.4, 0.5) is 0 Å². The molecule has 1 fully saturated rings. The van der Waals surface area contributed by atoms with Gasteiger partial charge in [-0.05, 0) is 36.6 Å². The van der Waals surface area contributed by atoms with Gasteiger partial charge in [-0.25, -0.2) is 22.0 Å². The SMILES string of the molecule is NS(=O)(=O)CNC(=O)[C@H](Cc1ccccc1)NC(=O)[C@@H]1CCCN1S(=O)(=O)c1cc(Cl)cc(Cl)c1. The molecule has 14 heteroatoms. The van der Waals surface area contributed by atoms with Crippen molar-refractivity contribution in [3.63, 3.8) is 0 Å². The van der Waals surface area contributed by atoms with Crippen LogP contribution in [0.2, 0.25) is 10.0 Å². The molecule has 2 aromatic carbocycles. The largest absolute Gasteiger partial charge is 0.343 e. The van der Waals surface area contributed by atoms with E-state index in [0.29, 0.717) is 12.0 Å². The second-order valence-corrected chi connectivity index (χ2v) is 12.4. The molecule has 2 aromatic rings. The van der Waals surface area contributed by atoms with Crippen LogP contribution in [0.3, 0.4) is 0 Å². The highest BCUT2D eigenvalue weighted by molar-refractivity contribution is 7.89. The van der Waals surface area contributed by atoms with Gasteiger partial charge in [0.25, 0.3) is 0 Å². The van der Waals surface area contributed by atoms with Gasteiger partial charge < -0.3 is 10.6 Å². The summed E-state index contributed by atoms with van der Waals surface area (Å²) in [6.07, 6.45) is 0.704. The zero-order chi connectivity index (χ0) is 25.8. The molecule has 190 valence electrons. The van der Waals surface area contributed by atoms with E-state index in [2.05, 4.69) is 10.6 Å². The van der Waals surface area contributed by atoms with Crippen molar-refractivity contribution in [2.45, 2.75) is 36.2 Å². The molecule has 0 aliphatic carbocycles. The third-order valence-electron chi connectivity index (χ3n) is 5.31. The second kappa shape index (κ2) is 11.2. The van der Waals surface area contributed by atoms with Gasteiger partial charge in [0.2, 0.25) is 31.9 Å². The number of nitrogens with zero attached hydrogens (tertiary/aromatic N) is 1. The summed E-state index contributed by atoms with van der Waals surface area (Å²) in [6, 6.07) is 10.4. The van der Waals surface area contributed by atoms with Gasteiger partial charge in [0.1, 0.15) is 18.0 Å². The molecular weight excluding hydrogens is 539 g/mol. The first-order valence-electron chi connectivity index (χ1n) is 10.5. The van der Waals surface area contributed by atoms with Crippen LogP contribution >= 0.6 is 23.2 Å². The maximum Gasteiger partial charge on any atom is 0.243 e. The number of hydrogen-bond donors (Lipinski definition) is 3. The highest BCUT2D eigenvalue weighted by Crippen LogP contribution is 2.30. The van der Waals surface area contributed by atoms with E-state index in [4.69, 9.17) is 28.3 Å². The van der Waals surface area contributed by atoms with E-state index >= 15 is 0 Å². The van der Waals surface area contributed by atoms with E-state index in [0.717, 1.165) is 4.31 Å². The number of hydrogen-bond acceptors (Lipinski definition) is 6. The van der Waals surface area contributed by atoms with E-state index in [9.17, 15) is 26.4 Å². The summed E-state index contributed by atoms with van der Waals surface area (Å²) < 4.78 is 50.1. The van der Waals surface area contributed by atoms with Gasteiger partial charge in [-0.15, -0.1) is 0 Å². The predicted octanol–water partition coefficient (Wildman–Crippen LogP) is 1.24. The minimum absolute atomic E-state index is 0.0480. The van der Waals surface area contributed by atoms with Crippen LogP contribution in [0.25, 0.3) is 0 Å². The zero-order valence-electron chi connectivity index (χ0n) is 18.4. The normalized spacial score (nSPS) is 17.6. The van der Waals surface area contributed by atoms with Gasteiger partial charge in [0.05, 0.1) is 4.90 Å². The summed E-state index contributed by atoms with van der Waals surface area (Å²) in [6.45, 7) is 0.0888. The summed E-state index contributed by atoms with van der Waals surface area (Å²) in [5.74, 6) is -2.27. The molecule has 2 atom stereocenters. The molecule has 4 N–H and O–H groups in total. The van der Waals surface area contributed by atoms with E-state index in [1.807, 2.05) is 0 Å². The van der Waals surface area contributed by atoms with Crippen LogP contribution in [0.5, 0.6) is 0 Å². The first kappa shape index (κ1) is 27.4. The Morgan fingerprint density at radius 3 is 2.29 bits per heavy atom. The standard InChI is InChI=1S/C21H24Cl2N4O6S2/c22-15-10-16(23)12-17(11-15)35(32,33)27-8-4-7-19(27)21(29)26-18(9-14-5-2-1-3-6-14)20(28)25-13-34(24,30)31/h1-3,5-6,10-12,18-19H,4,7-9,13H2,(H,25,28)(H,26,29)(H2,24,30,31)/t18-,19-/m0/s1. The van der Waals surface area contributed by atoms with Gasteiger partial charge >= 0.3 is 0 Å². The molecule has 1 heterocycles. The van der Waals surface area contributed by atoms with Crippen LogP contribution in [-0.4, -0.2) is 57.5 Å². The quantitative estimate of drug-likeness (QED) is 0.417. The fourth-order valence-corrected chi connectivity index (χ4v) is 6.45. The van der Waals surface area contributed by atoms with Gasteiger partial charge in [-0.3, -0.25) is 9.59 Å². The molecule has 10 nitrogen and oxygen atoms in total. The molecule has 1 saturated heterocycles. The summed E-state index contributed by atoms with van der Waals surface area (Å²) >= 11 is 11.9. The van der Waals surface area contributed by atoms with E-state index < -0.39 is 49.8 Å². The smallest absolute Gasteiger partial charge is 0.243 e. The number of halogens is 2. The van der Waals surface area contributed by atoms with Crippen LogP contribution in [0, 0.1) is 0 Å². The van der Waals surface area contributed by atoms with Crippen molar-refractivity contribution in [2.75, 3.05) is 12.4 Å². The van der Waals surface area contributed by atoms with Crippen LogP contribution in [0.1, 0.15) is 18.4 Å². The lowest BCUT2D eigenvalue weighted by atomic mass is 10.0. The second-order valence-electron chi connectivity index (χ2n) is 7.98. The highest BCUT2D eigenvalue weighted by Gasteiger charge is 2.40. The lowest BCUT2D eigenvalue weighted by molar-refractivity contribution is -0.130. The Balaban J connectivity index is 1.82. The Morgan fingerprint density at radius 1 is 1.06 bits per heavy atom. The van der Waals surface area contributed by atoms with Gasteiger partial charge in [-0.2, -0.15) is 4.31 Å². The van der Waals surface area contributed by atoms with E-state index in [1.165, 1.54) is 18.2 Å². The van der Waals surface area contributed by atoms with Gasteiger partial charge in [0.15, 0.2) is 0 Å². The zero-order valence-corrected chi connectivity index (χ0v) is 21.5. The number of nitrogens with one attached hydrogen (secondary N) is 2. The molecule has 0 saturated carbocycles. The molecule has 1 aliphatic heterocycles. The molecule has 2 amide bonds. The average Bonchev–Trinajstić information content (AvgIpc) is 3.27. The van der Waals surface area contributed by atoms with Crippen LogP contribution < -0.4 is 15.8 Å². The first-order chi connectivity index (χ1) is 16.4. The number of benzene rings is 2. The Kier molecular flexibility index (Phi) is 8.78. The third kappa shape index (κ3) is 7.38. The Labute approximate surface area is 213 Å².